The van der Waals surface area contributed by atoms with E-state index >= 15 is 0 Å². The van der Waals surface area contributed by atoms with Crippen LogP contribution in [0.5, 0.6) is 0 Å². The fraction of sp³-hybridized carbons (Fsp3) is 0.308. The van der Waals surface area contributed by atoms with Crippen LogP contribution >= 0.6 is 0 Å². The molecule has 6 heteroatoms. The molecule has 0 atom stereocenters. The summed E-state index contributed by atoms with van der Waals surface area (Å²) in [5.41, 5.74) is 0.340. The van der Waals surface area contributed by atoms with Crippen LogP contribution in [0, 0.1) is 0 Å². The molecule has 1 amide bonds. The SMILES string of the molecule is CN(C(=O)CCCC(=O)O)c1ccccc1C(=O)O. The second kappa shape index (κ2) is 6.53. The van der Waals surface area contributed by atoms with Gasteiger partial charge in [-0.05, 0) is 18.6 Å². The molecule has 0 aromatic heterocycles. The summed E-state index contributed by atoms with van der Waals surface area (Å²) in [4.78, 5) is 34.5. The fourth-order valence-electron chi connectivity index (χ4n) is 1.64. The maximum Gasteiger partial charge on any atom is 0.337 e. The Morgan fingerprint density at radius 3 is 2.32 bits per heavy atom. The minimum Gasteiger partial charge on any atom is -0.481 e. The number of carboxylic acid groups (broad SMARTS) is 2. The minimum atomic E-state index is -1.11. The van der Waals surface area contributed by atoms with E-state index < -0.39 is 11.9 Å². The van der Waals surface area contributed by atoms with E-state index in [1.807, 2.05) is 0 Å². The molecule has 0 aliphatic rings. The highest BCUT2D eigenvalue weighted by atomic mass is 16.4. The van der Waals surface area contributed by atoms with Gasteiger partial charge in [-0.1, -0.05) is 12.1 Å². The number of hydrogen-bond acceptors (Lipinski definition) is 3. The Kier molecular flexibility index (Phi) is 5.05. The van der Waals surface area contributed by atoms with Crippen molar-refractivity contribution in [1.29, 1.82) is 0 Å². The number of carbonyl (C=O) groups is 3. The van der Waals surface area contributed by atoms with Gasteiger partial charge in [0.25, 0.3) is 0 Å². The lowest BCUT2D eigenvalue weighted by molar-refractivity contribution is -0.137. The number of aromatic carboxylic acids is 1. The second-order valence-corrected chi connectivity index (χ2v) is 4.02. The normalized spacial score (nSPS) is 9.95. The molecule has 1 aromatic rings. The van der Waals surface area contributed by atoms with E-state index in [9.17, 15) is 14.4 Å². The zero-order valence-electron chi connectivity index (χ0n) is 10.5. The van der Waals surface area contributed by atoms with Gasteiger partial charge in [-0.25, -0.2) is 4.79 Å². The molecular formula is C13H15NO5. The fourth-order valence-corrected chi connectivity index (χ4v) is 1.64. The van der Waals surface area contributed by atoms with Crippen molar-refractivity contribution >= 4 is 23.5 Å². The van der Waals surface area contributed by atoms with Crippen molar-refractivity contribution in [3.63, 3.8) is 0 Å². The van der Waals surface area contributed by atoms with Gasteiger partial charge in [-0.2, -0.15) is 0 Å². The predicted octanol–water partition coefficient (Wildman–Crippen LogP) is 1.60. The maximum absolute atomic E-state index is 11.8. The lowest BCUT2D eigenvalue weighted by Gasteiger charge is -2.19. The number of aliphatic carboxylic acids is 1. The number of rotatable bonds is 6. The first-order valence-electron chi connectivity index (χ1n) is 5.74. The molecule has 0 saturated heterocycles. The average Bonchev–Trinajstić information content (AvgIpc) is 2.37. The van der Waals surface area contributed by atoms with Crippen molar-refractivity contribution in [1.82, 2.24) is 0 Å². The second-order valence-electron chi connectivity index (χ2n) is 4.02. The van der Waals surface area contributed by atoms with Gasteiger partial charge in [0.15, 0.2) is 0 Å². The molecule has 0 radical (unpaired) electrons. The first-order chi connectivity index (χ1) is 8.93. The third-order valence-electron chi connectivity index (χ3n) is 2.65. The van der Waals surface area contributed by atoms with E-state index in [0.29, 0.717) is 5.69 Å². The summed E-state index contributed by atoms with van der Waals surface area (Å²) in [7, 11) is 1.48. The third kappa shape index (κ3) is 4.09. The van der Waals surface area contributed by atoms with Gasteiger partial charge in [0.05, 0.1) is 11.3 Å². The number of hydrogen-bond donors (Lipinski definition) is 2. The smallest absolute Gasteiger partial charge is 0.337 e. The van der Waals surface area contributed by atoms with E-state index in [1.165, 1.54) is 18.0 Å². The highest BCUT2D eigenvalue weighted by Crippen LogP contribution is 2.20. The zero-order chi connectivity index (χ0) is 14.4. The highest BCUT2D eigenvalue weighted by Gasteiger charge is 2.17. The summed E-state index contributed by atoms with van der Waals surface area (Å²) in [5.74, 6) is -2.38. The van der Waals surface area contributed by atoms with Crippen molar-refractivity contribution in [3.05, 3.63) is 29.8 Å². The molecule has 102 valence electrons. The molecule has 0 spiro atoms. The van der Waals surface area contributed by atoms with E-state index in [-0.39, 0.29) is 30.7 Å². The monoisotopic (exact) mass is 265 g/mol. The van der Waals surface area contributed by atoms with E-state index in [4.69, 9.17) is 10.2 Å². The van der Waals surface area contributed by atoms with Gasteiger partial charge in [0, 0.05) is 19.9 Å². The zero-order valence-corrected chi connectivity index (χ0v) is 10.5. The van der Waals surface area contributed by atoms with E-state index in [2.05, 4.69) is 0 Å². The van der Waals surface area contributed by atoms with Crippen LogP contribution in [0.25, 0.3) is 0 Å². The van der Waals surface area contributed by atoms with Gasteiger partial charge in [0.2, 0.25) is 5.91 Å². The molecule has 0 bridgehead atoms. The summed E-state index contributed by atoms with van der Waals surface area (Å²) in [5, 5.41) is 17.5. The van der Waals surface area contributed by atoms with Crippen LogP contribution < -0.4 is 4.90 Å². The van der Waals surface area contributed by atoms with Gasteiger partial charge in [-0.15, -0.1) is 0 Å². The first-order valence-corrected chi connectivity index (χ1v) is 5.74. The number of amides is 1. The van der Waals surface area contributed by atoms with E-state index in [1.54, 1.807) is 18.2 Å². The van der Waals surface area contributed by atoms with Crippen molar-refractivity contribution < 1.29 is 24.6 Å². The number of carbonyl (C=O) groups excluding carboxylic acids is 1. The van der Waals surface area contributed by atoms with Crippen LogP contribution in [-0.4, -0.2) is 35.1 Å². The topological polar surface area (TPSA) is 94.9 Å². The van der Waals surface area contributed by atoms with Gasteiger partial charge >= 0.3 is 11.9 Å². The van der Waals surface area contributed by atoms with Crippen molar-refractivity contribution in [2.75, 3.05) is 11.9 Å². The number of para-hydroxylation sites is 1. The summed E-state index contributed by atoms with van der Waals surface area (Å²) < 4.78 is 0. The molecule has 6 nitrogen and oxygen atoms in total. The van der Waals surface area contributed by atoms with E-state index in [0.717, 1.165) is 0 Å². The summed E-state index contributed by atoms with van der Waals surface area (Å²) in [6.07, 6.45) is 0.213. The molecule has 0 unspecified atom stereocenters. The third-order valence-corrected chi connectivity index (χ3v) is 2.65. The van der Waals surface area contributed by atoms with Gasteiger partial charge < -0.3 is 15.1 Å². The van der Waals surface area contributed by atoms with Crippen LogP contribution in [0.4, 0.5) is 5.69 Å². The lowest BCUT2D eigenvalue weighted by Crippen LogP contribution is -2.27. The summed E-state index contributed by atoms with van der Waals surface area (Å²) in [6, 6.07) is 6.18. The quantitative estimate of drug-likeness (QED) is 0.814. The van der Waals surface area contributed by atoms with Crippen LogP contribution in [0.15, 0.2) is 24.3 Å². The van der Waals surface area contributed by atoms with Crippen LogP contribution in [-0.2, 0) is 9.59 Å². The molecule has 19 heavy (non-hydrogen) atoms. The molecule has 0 fully saturated rings. The molecule has 0 saturated carbocycles. The largest absolute Gasteiger partial charge is 0.481 e. The Bertz CT molecular complexity index is 498. The van der Waals surface area contributed by atoms with Gasteiger partial charge in [0.1, 0.15) is 0 Å². The number of anilines is 1. The molecule has 2 N–H and O–H groups in total. The molecule has 0 aliphatic carbocycles. The predicted molar refractivity (Wildman–Crippen MR) is 68.3 cm³/mol. The van der Waals surface area contributed by atoms with Crippen LogP contribution in [0.3, 0.4) is 0 Å². The number of benzene rings is 1. The highest BCUT2D eigenvalue weighted by molar-refractivity contribution is 6.01. The Labute approximate surface area is 110 Å². The molecule has 1 aromatic carbocycles. The Balaban J connectivity index is 2.77. The first kappa shape index (κ1) is 14.7. The van der Waals surface area contributed by atoms with Crippen LogP contribution in [0.2, 0.25) is 0 Å². The molecular weight excluding hydrogens is 250 g/mol. The van der Waals surface area contributed by atoms with Crippen molar-refractivity contribution in [2.45, 2.75) is 19.3 Å². The van der Waals surface area contributed by atoms with Crippen molar-refractivity contribution in [3.8, 4) is 0 Å². The summed E-state index contributed by atoms with van der Waals surface area (Å²) in [6.45, 7) is 0. The number of carboxylic acids is 2. The molecule has 1 rings (SSSR count). The minimum absolute atomic E-state index is 0.0385. The standard InChI is InChI=1S/C13H15NO5/c1-14(11(15)7-4-8-12(16)17)10-6-3-2-5-9(10)13(18)19/h2-3,5-6H,4,7-8H2,1H3,(H,16,17)(H,18,19). The maximum atomic E-state index is 11.8. The Morgan fingerprint density at radius 1 is 1.11 bits per heavy atom. The summed E-state index contributed by atoms with van der Waals surface area (Å²) >= 11 is 0. The molecule has 0 aliphatic heterocycles. The van der Waals surface area contributed by atoms with Crippen molar-refractivity contribution in [2.24, 2.45) is 0 Å². The van der Waals surface area contributed by atoms with Gasteiger partial charge in [-0.3, -0.25) is 9.59 Å². The molecule has 0 heterocycles. The Hall–Kier alpha value is -2.37. The lowest BCUT2D eigenvalue weighted by atomic mass is 10.1. The average molecular weight is 265 g/mol. The Morgan fingerprint density at radius 2 is 1.74 bits per heavy atom. The van der Waals surface area contributed by atoms with Crippen LogP contribution in [0.1, 0.15) is 29.6 Å². The number of nitrogens with zero attached hydrogens (tertiary/aromatic N) is 1.